The Morgan fingerprint density at radius 2 is 2.00 bits per heavy atom. The first-order chi connectivity index (χ1) is 10.7. The third-order valence-electron chi connectivity index (χ3n) is 4.02. The molecule has 0 unspecified atom stereocenters. The highest BCUT2D eigenvalue weighted by Gasteiger charge is 2.23. The SMILES string of the molecule is COc1ccc2[nH]c(C(=O)NC(=O)C3CCNCC3)cc2c1. The van der Waals surface area contributed by atoms with Gasteiger partial charge in [0, 0.05) is 16.8 Å². The van der Waals surface area contributed by atoms with Crippen molar-refractivity contribution in [1.82, 2.24) is 15.6 Å². The van der Waals surface area contributed by atoms with Crippen LogP contribution < -0.4 is 15.4 Å². The molecule has 2 amide bonds. The second-order valence-electron chi connectivity index (χ2n) is 5.48. The summed E-state index contributed by atoms with van der Waals surface area (Å²) in [5, 5.41) is 6.56. The number of aromatic amines is 1. The van der Waals surface area contributed by atoms with E-state index in [-0.39, 0.29) is 11.8 Å². The zero-order valence-electron chi connectivity index (χ0n) is 12.4. The van der Waals surface area contributed by atoms with Crippen LogP contribution in [0.1, 0.15) is 23.3 Å². The van der Waals surface area contributed by atoms with Crippen molar-refractivity contribution in [3.8, 4) is 5.75 Å². The Labute approximate surface area is 128 Å². The minimum absolute atomic E-state index is 0.0883. The van der Waals surface area contributed by atoms with Gasteiger partial charge in [-0.15, -0.1) is 0 Å². The molecular weight excluding hydrogens is 282 g/mol. The van der Waals surface area contributed by atoms with Gasteiger partial charge >= 0.3 is 0 Å². The number of rotatable bonds is 3. The molecule has 6 nitrogen and oxygen atoms in total. The number of benzene rings is 1. The summed E-state index contributed by atoms with van der Waals surface area (Å²) in [7, 11) is 1.60. The van der Waals surface area contributed by atoms with Crippen LogP contribution in [0.25, 0.3) is 10.9 Å². The molecule has 2 heterocycles. The molecule has 0 radical (unpaired) electrons. The number of hydrogen-bond donors (Lipinski definition) is 3. The quantitative estimate of drug-likeness (QED) is 0.749. The molecule has 22 heavy (non-hydrogen) atoms. The minimum Gasteiger partial charge on any atom is -0.497 e. The highest BCUT2D eigenvalue weighted by Crippen LogP contribution is 2.21. The standard InChI is InChI=1S/C16H19N3O3/c1-22-12-2-3-13-11(8-12)9-14(18-13)16(21)19-15(20)10-4-6-17-7-5-10/h2-3,8-10,17-18H,4-7H2,1H3,(H,19,20,21). The van der Waals surface area contributed by atoms with Crippen LogP contribution in [-0.4, -0.2) is 37.0 Å². The van der Waals surface area contributed by atoms with E-state index in [4.69, 9.17) is 4.74 Å². The molecule has 1 aliphatic heterocycles. The van der Waals surface area contributed by atoms with Gasteiger partial charge < -0.3 is 15.0 Å². The van der Waals surface area contributed by atoms with Crippen LogP contribution in [0, 0.1) is 5.92 Å². The van der Waals surface area contributed by atoms with Gasteiger partial charge in [-0.3, -0.25) is 14.9 Å². The Hall–Kier alpha value is -2.34. The van der Waals surface area contributed by atoms with Crippen molar-refractivity contribution in [2.24, 2.45) is 5.92 Å². The van der Waals surface area contributed by atoms with Crippen molar-refractivity contribution >= 4 is 22.7 Å². The number of hydrogen-bond acceptors (Lipinski definition) is 4. The fourth-order valence-electron chi connectivity index (χ4n) is 2.73. The van der Waals surface area contributed by atoms with Gasteiger partial charge in [0.2, 0.25) is 5.91 Å². The monoisotopic (exact) mass is 301 g/mol. The van der Waals surface area contributed by atoms with E-state index in [1.165, 1.54) is 0 Å². The Morgan fingerprint density at radius 3 is 2.73 bits per heavy atom. The van der Waals surface area contributed by atoms with Crippen molar-refractivity contribution in [3.05, 3.63) is 30.0 Å². The molecule has 6 heteroatoms. The topological polar surface area (TPSA) is 83.2 Å². The van der Waals surface area contributed by atoms with E-state index >= 15 is 0 Å². The molecule has 1 aliphatic rings. The van der Waals surface area contributed by atoms with Crippen molar-refractivity contribution in [3.63, 3.8) is 0 Å². The van der Waals surface area contributed by atoms with Crippen LogP contribution in [-0.2, 0) is 4.79 Å². The lowest BCUT2D eigenvalue weighted by Crippen LogP contribution is -2.40. The Morgan fingerprint density at radius 1 is 1.23 bits per heavy atom. The molecule has 1 aromatic carbocycles. The maximum atomic E-state index is 12.2. The minimum atomic E-state index is -0.390. The predicted octanol–water partition coefficient (Wildman–Crippen LogP) is 1.43. The van der Waals surface area contributed by atoms with Gasteiger partial charge in [0.1, 0.15) is 11.4 Å². The Kier molecular flexibility index (Phi) is 4.11. The van der Waals surface area contributed by atoms with E-state index < -0.39 is 5.91 Å². The van der Waals surface area contributed by atoms with E-state index in [0.717, 1.165) is 42.6 Å². The first kappa shape index (κ1) is 14.6. The summed E-state index contributed by atoms with van der Waals surface area (Å²) in [6.07, 6.45) is 1.53. The largest absolute Gasteiger partial charge is 0.497 e. The number of nitrogens with one attached hydrogen (secondary N) is 3. The van der Waals surface area contributed by atoms with Gasteiger partial charge in [-0.2, -0.15) is 0 Å². The zero-order chi connectivity index (χ0) is 15.5. The summed E-state index contributed by atoms with van der Waals surface area (Å²) in [6.45, 7) is 1.64. The predicted molar refractivity (Wildman–Crippen MR) is 82.9 cm³/mol. The van der Waals surface area contributed by atoms with Gasteiger partial charge in [0.25, 0.3) is 5.91 Å². The average Bonchev–Trinajstić information content (AvgIpc) is 2.98. The summed E-state index contributed by atoms with van der Waals surface area (Å²) in [4.78, 5) is 27.3. The van der Waals surface area contributed by atoms with Crippen LogP contribution in [0.2, 0.25) is 0 Å². The number of methoxy groups -OCH3 is 1. The Bertz CT molecular complexity index is 702. The normalized spacial score (nSPS) is 15.7. The second-order valence-corrected chi connectivity index (χ2v) is 5.48. The third-order valence-corrected chi connectivity index (χ3v) is 4.02. The summed E-state index contributed by atoms with van der Waals surface area (Å²) in [6, 6.07) is 7.24. The number of H-pyrrole nitrogens is 1. The summed E-state index contributed by atoms with van der Waals surface area (Å²) < 4.78 is 5.16. The van der Waals surface area contributed by atoms with Crippen LogP contribution >= 0.6 is 0 Å². The molecule has 116 valence electrons. The molecule has 0 atom stereocenters. The fourth-order valence-corrected chi connectivity index (χ4v) is 2.73. The van der Waals surface area contributed by atoms with Crippen LogP contribution in [0.3, 0.4) is 0 Å². The number of imide groups is 1. The van der Waals surface area contributed by atoms with Crippen LogP contribution in [0.15, 0.2) is 24.3 Å². The lowest BCUT2D eigenvalue weighted by Gasteiger charge is -2.21. The number of carbonyl (C=O) groups is 2. The summed E-state index contributed by atoms with van der Waals surface area (Å²) in [5.74, 6) is 0.0559. The number of ether oxygens (including phenoxy) is 1. The molecule has 2 aromatic rings. The smallest absolute Gasteiger partial charge is 0.274 e. The maximum absolute atomic E-state index is 12.2. The maximum Gasteiger partial charge on any atom is 0.274 e. The molecule has 3 N–H and O–H groups in total. The van der Waals surface area contributed by atoms with Gasteiger partial charge in [-0.25, -0.2) is 0 Å². The molecule has 3 rings (SSSR count). The zero-order valence-corrected chi connectivity index (χ0v) is 12.4. The van der Waals surface area contributed by atoms with Gasteiger partial charge in [0.05, 0.1) is 7.11 Å². The van der Waals surface area contributed by atoms with Gasteiger partial charge in [-0.1, -0.05) is 0 Å². The summed E-state index contributed by atoms with van der Waals surface area (Å²) in [5.41, 5.74) is 1.21. The number of carbonyl (C=O) groups excluding carboxylic acids is 2. The third kappa shape index (κ3) is 2.96. The molecule has 0 spiro atoms. The first-order valence-corrected chi connectivity index (χ1v) is 7.40. The highest BCUT2D eigenvalue weighted by atomic mass is 16.5. The lowest BCUT2D eigenvalue weighted by atomic mass is 9.97. The number of piperidine rings is 1. The molecule has 1 aromatic heterocycles. The molecular formula is C16H19N3O3. The average molecular weight is 301 g/mol. The number of amides is 2. The van der Waals surface area contributed by atoms with Crippen molar-refractivity contribution < 1.29 is 14.3 Å². The molecule has 0 bridgehead atoms. The van der Waals surface area contributed by atoms with E-state index in [2.05, 4.69) is 15.6 Å². The molecule has 1 saturated heterocycles. The highest BCUT2D eigenvalue weighted by molar-refractivity contribution is 6.06. The first-order valence-electron chi connectivity index (χ1n) is 7.40. The number of aromatic nitrogens is 1. The molecule has 0 aliphatic carbocycles. The van der Waals surface area contributed by atoms with Crippen LogP contribution in [0.5, 0.6) is 5.75 Å². The van der Waals surface area contributed by atoms with Crippen molar-refractivity contribution in [2.45, 2.75) is 12.8 Å². The van der Waals surface area contributed by atoms with Crippen LogP contribution in [0.4, 0.5) is 0 Å². The lowest BCUT2D eigenvalue weighted by molar-refractivity contribution is -0.124. The van der Waals surface area contributed by atoms with Gasteiger partial charge in [-0.05, 0) is 50.2 Å². The Balaban J connectivity index is 1.72. The molecule has 0 saturated carbocycles. The van der Waals surface area contributed by atoms with Crippen molar-refractivity contribution in [1.29, 1.82) is 0 Å². The van der Waals surface area contributed by atoms with Gasteiger partial charge in [0.15, 0.2) is 0 Å². The number of fused-ring (bicyclic) bond motifs is 1. The van der Waals surface area contributed by atoms with Crippen molar-refractivity contribution in [2.75, 3.05) is 20.2 Å². The van der Waals surface area contributed by atoms with E-state index in [9.17, 15) is 9.59 Å². The van der Waals surface area contributed by atoms with E-state index in [1.54, 1.807) is 13.2 Å². The summed E-state index contributed by atoms with van der Waals surface area (Å²) >= 11 is 0. The molecule has 1 fully saturated rings. The van der Waals surface area contributed by atoms with E-state index in [0.29, 0.717) is 5.69 Å². The fraction of sp³-hybridized carbons (Fsp3) is 0.375. The second kappa shape index (κ2) is 6.19. The van der Waals surface area contributed by atoms with E-state index in [1.807, 2.05) is 18.2 Å².